The summed E-state index contributed by atoms with van der Waals surface area (Å²) in [6.45, 7) is 2.26. The minimum Gasteiger partial charge on any atom is -0.247 e. The minimum absolute atomic E-state index is 0.138. The number of isothiocyanates is 1. The zero-order valence-corrected chi connectivity index (χ0v) is 16.6. The minimum atomic E-state index is -0.637. The predicted octanol–water partition coefficient (Wildman–Crippen LogP) is 6.87. The Labute approximate surface area is 166 Å². The number of aliphatic imine (C=N–C) groups is 1. The second kappa shape index (κ2) is 9.82. The summed E-state index contributed by atoms with van der Waals surface area (Å²) in [4.78, 5) is 11.6. The lowest BCUT2D eigenvalue weighted by molar-refractivity contribution is 0.303. The van der Waals surface area contributed by atoms with E-state index in [0.29, 0.717) is 5.92 Å². The predicted molar refractivity (Wildman–Crippen MR) is 111 cm³/mol. The molecular formula is C22H26FN3S. The van der Waals surface area contributed by atoms with Crippen molar-refractivity contribution >= 4 is 23.2 Å². The first kappa shape index (κ1) is 19.8. The van der Waals surface area contributed by atoms with Crippen molar-refractivity contribution in [1.29, 1.82) is 0 Å². The van der Waals surface area contributed by atoms with E-state index >= 15 is 0 Å². The highest BCUT2D eigenvalue weighted by molar-refractivity contribution is 7.78. The normalized spacial score (nSPS) is 19.5. The van der Waals surface area contributed by atoms with Crippen LogP contribution in [-0.2, 0) is 0 Å². The fraction of sp³-hybridized carbons (Fsp3) is 0.500. The molecule has 3 nitrogen and oxygen atoms in total. The molecule has 0 N–H and O–H groups in total. The Hall–Kier alpha value is -1.97. The second-order valence-corrected chi connectivity index (χ2v) is 7.59. The van der Waals surface area contributed by atoms with Gasteiger partial charge in [0.1, 0.15) is 5.69 Å². The van der Waals surface area contributed by atoms with E-state index in [0.717, 1.165) is 11.5 Å². The first-order chi connectivity index (χ1) is 13.2. The molecule has 0 spiro atoms. The number of rotatable bonds is 7. The van der Waals surface area contributed by atoms with Crippen molar-refractivity contribution in [3.63, 3.8) is 0 Å². The van der Waals surface area contributed by atoms with E-state index < -0.39 is 5.95 Å². The number of benzene rings is 1. The summed E-state index contributed by atoms with van der Waals surface area (Å²) in [6, 6.07) is 8.11. The number of thiocarbonyl (C=S) groups is 1. The summed E-state index contributed by atoms with van der Waals surface area (Å²) in [7, 11) is 0. The Morgan fingerprint density at radius 1 is 1.15 bits per heavy atom. The number of hydrogen-bond donors (Lipinski definition) is 0. The smallest absolute Gasteiger partial charge is 0.241 e. The van der Waals surface area contributed by atoms with Crippen LogP contribution in [0.1, 0.15) is 69.8 Å². The highest BCUT2D eigenvalue weighted by atomic mass is 32.1. The number of nitrogens with zero attached hydrogens (tertiary/aromatic N) is 3. The Balaban J connectivity index is 1.62. The van der Waals surface area contributed by atoms with Crippen LogP contribution in [0.25, 0.3) is 11.3 Å². The van der Waals surface area contributed by atoms with Crippen LogP contribution >= 0.6 is 12.2 Å². The summed E-state index contributed by atoms with van der Waals surface area (Å²) in [5.74, 6) is 1.03. The molecule has 1 saturated carbocycles. The van der Waals surface area contributed by atoms with Gasteiger partial charge in [0.25, 0.3) is 0 Å². The van der Waals surface area contributed by atoms with E-state index in [1.807, 2.05) is 12.1 Å². The molecule has 0 atom stereocenters. The van der Waals surface area contributed by atoms with E-state index in [1.54, 1.807) is 0 Å². The Morgan fingerprint density at radius 2 is 1.89 bits per heavy atom. The molecular weight excluding hydrogens is 357 g/mol. The van der Waals surface area contributed by atoms with Crippen LogP contribution in [0, 0.1) is 11.9 Å². The molecule has 142 valence electrons. The third-order valence-corrected chi connectivity index (χ3v) is 5.69. The van der Waals surface area contributed by atoms with Gasteiger partial charge in [-0.25, -0.2) is 4.98 Å². The van der Waals surface area contributed by atoms with Crippen molar-refractivity contribution in [3.05, 3.63) is 42.0 Å². The maximum absolute atomic E-state index is 14.2. The maximum Gasteiger partial charge on any atom is 0.241 e. The summed E-state index contributed by atoms with van der Waals surface area (Å²) in [6.07, 6.45) is 12.0. The molecule has 1 aromatic carbocycles. The van der Waals surface area contributed by atoms with Crippen LogP contribution < -0.4 is 0 Å². The highest BCUT2D eigenvalue weighted by Gasteiger charge is 2.22. The van der Waals surface area contributed by atoms with Gasteiger partial charge in [0.05, 0.1) is 11.4 Å². The Kier molecular flexibility index (Phi) is 7.19. The lowest BCUT2D eigenvalue weighted by Gasteiger charge is -2.29. The molecule has 5 heteroatoms. The van der Waals surface area contributed by atoms with Gasteiger partial charge in [0.2, 0.25) is 5.95 Å². The fourth-order valence-electron chi connectivity index (χ4n) is 4.03. The number of halogens is 1. The first-order valence-electron chi connectivity index (χ1n) is 9.92. The Bertz CT molecular complexity index is 792. The highest BCUT2D eigenvalue weighted by Crippen LogP contribution is 2.38. The topological polar surface area (TPSA) is 38.1 Å². The molecule has 3 rings (SSSR count). The zero-order valence-electron chi connectivity index (χ0n) is 15.8. The van der Waals surface area contributed by atoms with Crippen LogP contribution in [-0.4, -0.2) is 15.1 Å². The van der Waals surface area contributed by atoms with Crippen molar-refractivity contribution in [1.82, 2.24) is 9.97 Å². The monoisotopic (exact) mass is 383 g/mol. The number of aromatic nitrogens is 2. The molecule has 0 aliphatic heterocycles. The summed E-state index contributed by atoms with van der Waals surface area (Å²) < 4.78 is 14.2. The molecule has 1 aliphatic rings. The SMILES string of the molecule is CCCCCC1CCC(c2ccc(-c3ncc(N=C=S)nc3F)cc2)CC1. The number of hydrogen-bond acceptors (Lipinski definition) is 4. The average molecular weight is 384 g/mol. The van der Waals surface area contributed by atoms with Crippen LogP contribution in [0.15, 0.2) is 35.5 Å². The van der Waals surface area contributed by atoms with Gasteiger partial charge in [-0.15, -0.1) is 0 Å². The quantitative estimate of drug-likeness (QED) is 0.297. The van der Waals surface area contributed by atoms with Crippen LogP contribution in [0.2, 0.25) is 0 Å². The largest absolute Gasteiger partial charge is 0.247 e. The molecule has 27 heavy (non-hydrogen) atoms. The van der Waals surface area contributed by atoms with E-state index in [2.05, 4.69) is 51.4 Å². The van der Waals surface area contributed by atoms with Gasteiger partial charge in [0.15, 0.2) is 5.82 Å². The van der Waals surface area contributed by atoms with E-state index in [1.165, 1.54) is 63.1 Å². The van der Waals surface area contributed by atoms with Crippen molar-refractivity contribution < 1.29 is 4.39 Å². The van der Waals surface area contributed by atoms with Crippen molar-refractivity contribution in [2.24, 2.45) is 10.9 Å². The van der Waals surface area contributed by atoms with Crippen molar-refractivity contribution in [3.8, 4) is 11.3 Å². The van der Waals surface area contributed by atoms with Gasteiger partial charge in [-0.1, -0.05) is 56.9 Å². The molecule has 1 aliphatic carbocycles. The molecule has 0 radical (unpaired) electrons. The third kappa shape index (κ3) is 5.27. The molecule has 0 unspecified atom stereocenters. The number of unbranched alkanes of at least 4 members (excludes halogenated alkanes) is 2. The van der Waals surface area contributed by atoms with Crippen LogP contribution in [0.3, 0.4) is 0 Å². The fourth-order valence-corrected chi connectivity index (χ4v) is 4.13. The van der Waals surface area contributed by atoms with Gasteiger partial charge in [-0.3, -0.25) is 0 Å². The molecule has 0 bridgehead atoms. The van der Waals surface area contributed by atoms with Gasteiger partial charge < -0.3 is 0 Å². The van der Waals surface area contributed by atoms with Gasteiger partial charge in [0, 0.05) is 5.56 Å². The molecule has 1 aromatic heterocycles. The van der Waals surface area contributed by atoms with Gasteiger partial charge in [-0.2, -0.15) is 14.4 Å². The molecule has 0 saturated heterocycles. The standard InChI is InChI=1S/C22H26FN3S/c1-2-3-4-5-16-6-8-17(9-7-16)18-10-12-19(13-11-18)21-22(23)26-20(14-24-21)25-15-27/h10-14,16-17H,2-9H2,1H3. The van der Waals surface area contributed by atoms with E-state index in [9.17, 15) is 4.39 Å². The van der Waals surface area contributed by atoms with Crippen LogP contribution in [0.4, 0.5) is 10.2 Å². The summed E-state index contributed by atoms with van der Waals surface area (Å²) >= 11 is 4.51. The van der Waals surface area contributed by atoms with Gasteiger partial charge >= 0.3 is 0 Å². The lowest BCUT2D eigenvalue weighted by atomic mass is 9.77. The summed E-state index contributed by atoms with van der Waals surface area (Å²) in [5, 5.41) is 2.17. The summed E-state index contributed by atoms with van der Waals surface area (Å²) in [5.41, 5.74) is 2.32. The van der Waals surface area contributed by atoms with Crippen LogP contribution in [0.5, 0.6) is 0 Å². The van der Waals surface area contributed by atoms with Gasteiger partial charge in [-0.05, 0) is 55.3 Å². The second-order valence-electron chi connectivity index (χ2n) is 7.41. The van der Waals surface area contributed by atoms with E-state index in [4.69, 9.17) is 0 Å². The molecule has 1 fully saturated rings. The van der Waals surface area contributed by atoms with Crippen molar-refractivity contribution in [2.75, 3.05) is 0 Å². The average Bonchev–Trinajstić information content (AvgIpc) is 2.69. The maximum atomic E-state index is 14.2. The Morgan fingerprint density at radius 3 is 2.52 bits per heavy atom. The molecule has 0 amide bonds. The molecule has 2 aromatic rings. The third-order valence-electron chi connectivity index (χ3n) is 5.60. The zero-order chi connectivity index (χ0) is 19.1. The van der Waals surface area contributed by atoms with E-state index in [-0.39, 0.29) is 11.5 Å². The lowest BCUT2D eigenvalue weighted by Crippen LogP contribution is -2.13. The van der Waals surface area contributed by atoms with Crippen molar-refractivity contribution in [2.45, 2.75) is 64.2 Å². The first-order valence-corrected chi connectivity index (χ1v) is 10.3. The molecule has 1 heterocycles.